The van der Waals surface area contributed by atoms with Gasteiger partial charge in [0.1, 0.15) is 36.4 Å². The Labute approximate surface area is 763 Å². The topological polar surface area (TPSA) is 562 Å². The van der Waals surface area contributed by atoms with Crippen molar-refractivity contribution in [3.8, 4) is 23.5 Å². The molecule has 0 fully saturated rings. The summed E-state index contributed by atoms with van der Waals surface area (Å²) >= 11 is 3.32. The lowest BCUT2D eigenvalue weighted by molar-refractivity contribution is -0.137. The molecule has 8 unspecified atom stereocenters. The summed E-state index contributed by atoms with van der Waals surface area (Å²) in [7, 11) is 0. The zero-order chi connectivity index (χ0) is 94.2. The highest BCUT2D eigenvalue weighted by Crippen LogP contribution is 2.49. The number of hydrogen-bond donors (Lipinski definition) is 19. The molecule has 5 aromatic rings. The molecule has 0 saturated heterocycles. The van der Waals surface area contributed by atoms with Gasteiger partial charge in [0.15, 0.2) is 11.8 Å². The predicted octanol–water partition coefficient (Wildman–Crippen LogP) is 2.26. The molecule has 0 saturated carbocycles. The largest absolute Gasteiger partial charge is 0.494 e. The molecular formula is C88H126N16O22S3. The van der Waals surface area contributed by atoms with Gasteiger partial charge < -0.3 is 110 Å². The number of rotatable bonds is 63. The van der Waals surface area contributed by atoms with E-state index in [9.17, 15) is 97.8 Å². The van der Waals surface area contributed by atoms with E-state index >= 15 is 0 Å². The molecule has 1 aliphatic rings. The van der Waals surface area contributed by atoms with E-state index in [0.29, 0.717) is 51.5 Å². The minimum atomic E-state index is -1.66. The molecule has 8 atom stereocenters. The van der Waals surface area contributed by atoms with Crippen molar-refractivity contribution in [3.63, 3.8) is 0 Å². The van der Waals surface area contributed by atoms with Gasteiger partial charge in [-0.15, -0.1) is 35.3 Å². The molecule has 2 aromatic heterocycles. The van der Waals surface area contributed by atoms with E-state index in [-0.39, 0.29) is 175 Å². The molecule has 129 heavy (non-hydrogen) atoms. The number of carbonyl (C=O) groups excluding carboxylic acids is 14. The van der Waals surface area contributed by atoms with Crippen molar-refractivity contribution >= 4 is 118 Å². The second kappa shape index (κ2) is 57.7. The van der Waals surface area contributed by atoms with Gasteiger partial charge in [-0.3, -0.25) is 81.2 Å². The first kappa shape index (κ1) is 107. The van der Waals surface area contributed by atoms with Crippen molar-refractivity contribution in [3.05, 3.63) is 132 Å². The van der Waals surface area contributed by atoms with Crippen LogP contribution in [0.4, 0.5) is 0 Å². The van der Waals surface area contributed by atoms with Gasteiger partial charge in [0.2, 0.25) is 82.6 Å². The smallest absolute Gasteiger partial charge is 0.253 e. The molecule has 14 amide bonds. The van der Waals surface area contributed by atoms with Crippen LogP contribution in [0.25, 0.3) is 0 Å². The first-order chi connectivity index (χ1) is 61.9. The molecule has 3 heterocycles. The lowest BCUT2D eigenvalue weighted by Gasteiger charge is -2.36. The number of benzene rings is 3. The number of nitrogens with zero attached hydrogens (tertiary/aromatic N) is 3. The molecular weight excluding hydrogens is 1730 g/mol. The number of imide groups is 1. The van der Waals surface area contributed by atoms with Crippen LogP contribution in [0.3, 0.4) is 0 Å². The quantitative estimate of drug-likeness (QED) is 0.00872. The average molecular weight is 1860 g/mol. The molecule has 0 aliphatic carbocycles. The number of nitrogens with two attached hydrogens (primary N) is 1. The lowest BCUT2D eigenvalue weighted by Crippen LogP contribution is -2.55. The third kappa shape index (κ3) is 37.1. The summed E-state index contributed by atoms with van der Waals surface area (Å²) in [4.78, 5) is 182. The fourth-order valence-electron chi connectivity index (χ4n) is 13.7. The van der Waals surface area contributed by atoms with E-state index < -0.39 is 142 Å². The number of thioether (sulfide) groups is 3. The second-order valence-electron chi connectivity index (χ2n) is 30.6. The van der Waals surface area contributed by atoms with Crippen LogP contribution in [0.2, 0.25) is 0 Å². The Morgan fingerprint density at radius 3 is 1.35 bits per heavy atom. The maximum absolute atomic E-state index is 13.9. The minimum Gasteiger partial charge on any atom is -0.494 e. The van der Waals surface area contributed by atoms with Gasteiger partial charge in [0, 0.05) is 146 Å². The molecule has 0 radical (unpaired) electrons. The molecule has 38 nitrogen and oxygen atoms in total. The number of ether oxygens (including phenoxy) is 2. The number of nitrogens with one attached hydrogen (secondary N) is 12. The van der Waals surface area contributed by atoms with Crippen molar-refractivity contribution in [2.45, 2.75) is 214 Å². The van der Waals surface area contributed by atoms with Gasteiger partial charge >= 0.3 is 0 Å². The number of aliphatic hydroxyl groups is 2. The number of unbranched alkanes of at least 4 members (excludes halogenated alkanes) is 3. The Balaban J connectivity index is 0.908. The van der Waals surface area contributed by atoms with Crippen LogP contribution < -0.4 is 69.5 Å². The summed E-state index contributed by atoms with van der Waals surface area (Å²) in [5.41, 5.74) is 8.75. The second-order valence-corrected chi connectivity index (χ2v) is 33.9. The van der Waals surface area contributed by atoms with Crippen LogP contribution in [0.5, 0.6) is 23.5 Å². The van der Waals surface area contributed by atoms with Gasteiger partial charge in [-0.2, -0.15) is 0 Å². The number of aromatic hydroxyl groups is 4. The number of amides is 14. The summed E-state index contributed by atoms with van der Waals surface area (Å²) < 4.78 is 12.6. The van der Waals surface area contributed by atoms with E-state index in [1.807, 2.05) is 105 Å². The van der Waals surface area contributed by atoms with Crippen LogP contribution in [0.1, 0.15) is 154 Å². The van der Waals surface area contributed by atoms with Crippen molar-refractivity contribution in [2.24, 2.45) is 5.73 Å². The van der Waals surface area contributed by atoms with E-state index in [0.717, 1.165) is 72.8 Å². The Hall–Kier alpha value is -11.2. The van der Waals surface area contributed by atoms with Crippen molar-refractivity contribution < 1.29 is 107 Å². The molecule has 0 bridgehead atoms. The van der Waals surface area contributed by atoms with Gasteiger partial charge in [0.25, 0.3) is 11.8 Å². The van der Waals surface area contributed by atoms with Crippen molar-refractivity contribution in [1.82, 2.24) is 77.8 Å². The lowest BCUT2D eigenvalue weighted by atomic mass is 9.84. The van der Waals surface area contributed by atoms with Gasteiger partial charge in [0.05, 0.1) is 53.6 Å². The molecule has 708 valence electrons. The molecule has 20 N–H and O–H groups in total. The molecule has 3 aromatic carbocycles. The van der Waals surface area contributed by atoms with Gasteiger partial charge in [-0.05, 0) is 87.8 Å². The van der Waals surface area contributed by atoms with Crippen LogP contribution in [0.15, 0.2) is 125 Å². The SMILES string of the molecule is CCCC(C)NC(=O)C(CCCCNC(=O)CCN1C(=O)C=CC1=O)NC(=O)C(CCCCNC(=O)CCn1c(O)cc(SCC(NC(=O)C(CCCCNC(=O)CC)NC(=O)CCOCCOCCNC(=O)C(CSc2cc(O)n(CCC(=O)NC(CSC(c3ccccc3)(c3ccccc3)c3ccccc3)C(=O)NCCO)c2O)NC(C)=O)C(N)O)c1O)NC(C)=O. The normalized spacial score (nSPS) is 13.7. The Kier molecular flexibility index (Phi) is 47.6. The van der Waals surface area contributed by atoms with E-state index in [1.54, 1.807) is 6.92 Å². The van der Waals surface area contributed by atoms with E-state index in [4.69, 9.17) is 15.2 Å². The zero-order valence-corrected chi connectivity index (χ0v) is 76.0. The number of aliphatic hydroxyl groups excluding tert-OH is 2. The molecule has 41 heteroatoms. The first-order valence-corrected chi connectivity index (χ1v) is 46.3. The van der Waals surface area contributed by atoms with E-state index in [2.05, 4.69) is 63.8 Å². The number of hydrogen-bond acceptors (Lipinski definition) is 26. The molecule has 6 rings (SSSR count). The number of carbonyl (C=O) groups is 14. The maximum Gasteiger partial charge on any atom is 0.253 e. The van der Waals surface area contributed by atoms with Crippen molar-refractivity contribution in [1.29, 1.82) is 0 Å². The average Bonchev–Trinajstić information content (AvgIpc) is 1.27. The highest BCUT2D eigenvalue weighted by molar-refractivity contribution is 8.00. The maximum atomic E-state index is 13.9. The van der Waals surface area contributed by atoms with Crippen LogP contribution >= 0.6 is 35.3 Å². The van der Waals surface area contributed by atoms with Crippen molar-refractivity contribution in [2.75, 3.05) is 89.6 Å². The highest BCUT2D eigenvalue weighted by atomic mass is 32.2. The number of aromatic nitrogens is 2. The Morgan fingerprint density at radius 2 is 0.860 bits per heavy atom. The summed E-state index contributed by atoms with van der Waals surface area (Å²) in [6.45, 7) is 7.73. The summed E-state index contributed by atoms with van der Waals surface area (Å²) in [5, 5.41) is 97.4. The zero-order valence-electron chi connectivity index (χ0n) is 73.6. The highest BCUT2D eigenvalue weighted by Gasteiger charge is 2.40. The third-order valence-electron chi connectivity index (χ3n) is 20.5. The summed E-state index contributed by atoms with van der Waals surface area (Å²) in [6.07, 6.45) is 4.40. The van der Waals surface area contributed by atoms with Crippen LogP contribution in [0, 0.1) is 0 Å². The van der Waals surface area contributed by atoms with E-state index in [1.165, 1.54) is 37.7 Å². The first-order valence-electron chi connectivity index (χ1n) is 43.3. The van der Waals surface area contributed by atoms with Gasteiger partial charge in [-0.25, -0.2) is 0 Å². The van der Waals surface area contributed by atoms with Crippen LogP contribution in [-0.4, -0.2) is 265 Å². The summed E-state index contributed by atoms with van der Waals surface area (Å²) in [5.74, 6) is -8.85. The van der Waals surface area contributed by atoms with Gasteiger partial charge in [-0.1, -0.05) is 111 Å². The fraction of sp³-hybridized carbons (Fsp3) is 0.523. The standard InChI is InChI=1S/C88H126N16O22S3/c1-6-23-57(3)95-83(120)65(32-19-22-41-91-72(109)35-44-102-76(113)33-34-77(102)114)100-84(121)63(96-58(4)106)30-17-21-40-92-73(110)36-45-103-78(115)52-69(86(103)123)127-54-66(80(89)117)101-85(122)64(31-18-20-39-90-71(108)7-2)98-75(112)38-48-125-50-51-126-49-43-94-81(118)67(97-59(5)107)55-128-70-53-79(116)104(87(70)124)46-37-74(111)99-68(82(119)93-42-47-105)56-129-88(60-24-11-8-12-25-60,61-26-13-9-14-27-61)62-28-15-10-16-29-62/h8-16,24-29,33-34,52-53,57,63-68,80,105,115-117,123-124H,6-7,17-23,30-32,35-51,54-56,89H2,1-5H3,(H,90,108)(H,91,109)(H,92,110)(H,93,119)(H,94,118)(H,95,120)(H,96,106)(H,97,107)(H,98,112)(H,99,111)(H,100,121)(H,101,122). The molecule has 0 spiro atoms. The fourth-order valence-corrected chi connectivity index (χ4v) is 17.3. The minimum absolute atomic E-state index is 0.00195. The Bertz CT molecular complexity index is 4370. The predicted molar refractivity (Wildman–Crippen MR) is 484 cm³/mol. The monoisotopic (exact) mass is 1850 g/mol. The third-order valence-corrected chi connectivity index (χ3v) is 24.4. The summed E-state index contributed by atoms with van der Waals surface area (Å²) in [6, 6.07) is 25.1. The van der Waals surface area contributed by atoms with Crippen LogP contribution in [-0.2, 0) is 94.4 Å². The molecule has 1 aliphatic heterocycles. The Morgan fingerprint density at radius 1 is 0.442 bits per heavy atom.